The molecule has 0 aromatic heterocycles. The number of hydrogen-bond acceptors (Lipinski definition) is 1. The number of fused-ring (bicyclic) bond motifs is 1. The minimum atomic E-state index is -1.44. The Morgan fingerprint density at radius 2 is 2.25 bits per heavy atom. The van der Waals surface area contributed by atoms with E-state index in [9.17, 15) is 0 Å². The SMILES string of the molecule is CCCC[Si](C)(C)O[C@]12C=CC[C@@H]1CCC2. The zero-order chi connectivity index (χ0) is 11.6. The van der Waals surface area contributed by atoms with Gasteiger partial charge >= 0.3 is 0 Å². The van der Waals surface area contributed by atoms with Crippen molar-refractivity contribution in [1.82, 2.24) is 0 Å². The molecule has 0 spiro atoms. The van der Waals surface area contributed by atoms with Crippen LogP contribution < -0.4 is 0 Å². The minimum absolute atomic E-state index is 0.170. The Hall–Kier alpha value is -0.0831. The second-order valence-corrected chi connectivity index (χ2v) is 10.4. The van der Waals surface area contributed by atoms with E-state index in [2.05, 4.69) is 32.2 Å². The van der Waals surface area contributed by atoms with Crippen molar-refractivity contribution in [3.63, 3.8) is 0 Å². The number of allylic oxidation sites excluding steroid dienone is 1. The van der Waals surface area contributed by atoms with Gasteiger partial charge < -0.3 is 4.43 Å². The lowest BCUT2D eigenvalue weighted by Crippen LogP contribution is -2.44. The third-order valence-corrected chi connectivity index (χ3v) is 6.72. The van der Waals surface area contributed by atoms with Crippen LogP contribution in [0.2, 0.25) is 19.1 Å². The normalized spacial score (nSPS) is 33.3. The van der Waals surface area contributed by atoms with E-state index in [0.717, 1.165) is 5.92 Å². The Labute approximate surface area is 101 Å². The van der Waals surface area contributed by atoms with Crippen molar-refractivity contribution in [2.24, 2.45) is 5.92 Å². The molecule has 0 aromatic carbocycles. The van der Waals surface area contributed by atoms with Crippen LogP contribution in [0.3, 0.4) is 0 Å². The summed E-state index contributed by atoms with van der Waals surface area (Å²) in [6.07, 6.45) is 12.7. The maximum absolute atomic E-state index is 6.66. The lowest BCUT2D eigenvalue weighted by molar-refractivity contribution is 0.0797. The number of unbranched alkanes of at least 4 members (excludes halogenated alkanes) is 1. The van der Waals surface area contributed by atoms with E-state index in [4.69, 9.17) is 4.43 Å². The van der Waals surface area contributed by atoms with E-state index in [-0.39, 0.29) is 5.60 Å². The highest BCUT2D eigenvalue weighted by atomic mass is 28.4. The van der Waals surface area contributed by atoms with Gasteiger partial charge in [-0.2, -0.15) is 0 Å². The average molecular weight is 238 g/mol. The van der Waals surface area contributed by atoms with Crippen LogP contribution in [0.25, 0.3) is 0 Å². The molecule has 0 amide bonds. The van der Waals surface area contributed by atoms with Gasteiger partial charge in [0.25, 0.3) is 0 Å². The molecule has 1 fully saturated rings. The van der Waals surface area contributed by atoms with Crippen molar-refractivity contribution in [3.05, 3.63) is 12.2 Å². The molecule has 2 rings (SSSR count). The molecule has 0 aliphatic heterocycles. The molecule has 0 N–H and O–H groups in total. The molecular formula is C14H26OSi. The molecule has 0 unspecified atom stereocenters. The van der Waals surface area contributed by atoms with E-state index in [1.165, 1.54) is 44.6 Å². The molecule has 0 heterocycles. The third-order valence-electron chi connectivity index (χ3n) is 4.23. The molecule has 0 bridgehead atoms. The first kappa shape index (κ1) is 12.4. The summed E-state index contributed by atoms with van der Waals surface area (Å²) < 4.78 is 6.66. The highest BCUT2D eigenvalue weighted by Gasteiger charge is 2.46. The molecule has 0 radical (unpaired) electrons. The first-order valence-corrected chi connectivity index (χ1v) is 10.1. The van der Waals surface area contributed by atoms with E-state index in [0.29, 0.717) is 0 Å². The van der Waals surface area contributed by atoms with Gasteiger partial charge in [0.2, 0.25) is 0 Å². The van der Waals surface area contributed by atoms with Gasteiger partial charge in [-0.25, -0.2) is 0 Å². The highest BCUT2D eigenvalue weighted by molar-refractivity contribution is 6.71. The highest BCUT2D eigenvalue weighted by Crippen LogP contribution is 2.47. The maximum atomic E-state index is 6.66. The Balaban J connectivity index is 1.99. The molecule has 0 saturated heterocycles. The lowest BCUT2D eigenvalue weighted by atomic mass is 9.95. The lowest BCUT2D eigenvalue weighted by Gasteiger charge is -2.37. The summed E-state index contributed by atoms with van der Waals surface area (Å²) in [6, 6.07) is 1.33. The summed E-state index contributed by atoms with van der Waals surface area (Å²) in [7, 11) is -1.44. The van der Waals surface area contributed by atoms with Gasteiger partial charge in [-0.1, -0.05) is 31.9 Å². The van der Waals surface area contributed by atoms with Crippen molar-refractivity contribution in [1.29, 1.82) is 0 Å². The molecule has 2 aliphatic carbocycles. The zero-order valence-corrected chi connectivity index (χ0v) is 12.1. The van der Waals surface area contributed by atoms with E-state index in [1.807, 2.05) is 0 Å². The van der Waals surface area contributed by atoms with Crippen LogP contribution in [0, 0.1) is 5.92 Å². The van der Waals surface area contributed by atoms with Gasteiger partial charge in [0.15, 0.2) is 8.32 Å². The first-order chi connectivity index (χ1) is 7.58. The van der Waals surface area contributed by atoms with Gasteiger partial charge in [0.05, 0.1) is 5.60 Å². The summed E-state index contributed by atoms with van der Waals surface area (Å²) >= 11 is 0. The van der Waals surface area contributed by atoms with Gasteiger partial charge in [-0.15, -0.1) is 0 Å². The summed E-state index contributed by atoms with van der Waals surface area (Å²) in [5.41, 5.74) is 0.170. The van der Waals surface area contributed by atoms with E-state index in [1.54, 1.807) is 0 Å². The predicted molar refractivity (Wildman–Crippen MR) is 72.1 cm³/mol. The molecule has 92 valence electrons. The molecule has 1 nitrogen and oxygen atoms in total. The smallest absolute Gasteiger partial charge is 0.187 e. The van der Waals surface area contributed by atoms with Crippen LogP contribution in [0.1, 0.15) is 45.4 Å². The Morgan fingerprint density at radius 1 is 1.44 bits per heavy atom. The zero-order valence-electron chi connectivity index (χ0n) is 11.1. The minimum Gasteiger partial charge on any atom is -0.408 e. The van der Waals surface area contributed by atoms with Crippen LogP contribution in [-0.2, 0) is 4.43 Å². The molecule has 1 saturated carbocycles. The van der Waals surface area contributed by atoms with Crippen LogP contribution in [0.5, 0.6) is 0 Å². The second kappa shape index (κ2) is 4.65. The Morgan fingerprint density at radius 3 is 3.00 bits per heavy atom. The van der Waals surface area contributed by atoms with Crippen LogP contribution in [0.4, 0.5) is 0 Å². The second-order valence-electron chi connectivity index (χ2n) is 6.15. The summed E-state index contributed by atoms with van der Waals surface area (Å²) in [6.45, 7) is 7.08. The van der Waals surface area contributed by atoms with Crippen molar-refractivity contribution >= 4 is 8.32 Å². The van der Waals surface area contributed by atoms with Crippen molar-refractivity contribution in [3.8, 4) is 0 Å². The van der Waals surface area contributed by atoms with Crippen molar-refractivity contribution < 1.29 is 4.43 Å². The molecule has 2 heteroatoms. The van der Waals surface area contributed by atoms with E-state index < -0.39 is 8.32 Å². The summed E-state index contributed by atoms with van der Waals surface area (Å²) in [5.74, 6) is 0.806. The fourth-order valence-corrected chi connectivity index (χ4v) is 6.05. The average Bonchev–Trinajstić information content (AvgIpc) is 2.72. The van der Waals surface area contributed by atoms with Gasteiger partial charge in [-0.05, 0) is 50.7 Å². The molecule has 16 heavy (non-hydrogen) atoms. The van der Waals surface area contributed by atoms with Crippen molar-refractivity contribution in [2.75, 3.05) is 0 Å². The fourth-order valence-electron chi connectivity index (χ4n) is 3.38. The van der Waals surface area contributed by atoms with Crippen LogP contribution >= 0.6 is 0 Å². The van der Waals surface area contributed by atoms with Gasteiger partial charge in [0, 0.05) is 0 Å². The standard InChI is InChI=1S/C14H26OSi/c1-4-5-12-16(2,3)15-14-10-6-8-13(14)9-7-11-14/h6,10,13H,4-5,7-9,11-12H2,1-3H3/t13-,14+/m1/s1. The largest absolute Gasteiger partial charge is 0.408 e. The Kier molecular flexibility index (Phi) is 3.60. The Bertz CT molecular complexity index is 272. The first-order valence-electron chi connectivity index (χ1n) is 6.96. The van der Waals surface area contributed by atoms with Crippen LogP contribution in [-0.4, -0.2) is 13.9 Å². The molecular weight excluding hydrogens is 212 g/mol. The monoisotopic (exact) mass is 238 g/mol. The third kappa shape index (κ3) is 2.43. The number of hydrogen-bond donors (Lipinski definition) is 0. The fraction of sp³-hybridized carbons (Fsp3) is 0.857. The van der Waals surface area contributed by atoms with Crippen molar-refractivity contribution in [2.45, 2.75) is 70.2 Å². The van der Waals surface area contributed by atoms with Gasteiger partial charge in [-0.3, -0.25) is 0 Å². The molecule has 2 atom stereocenters. The summed E-state index contributed by atoms with van der Waals surface area (Å²) in [5, 5.41) is 0. The topological polar surface area (TPSA) is 9.23 Å². The quantitative estimate of drug-likeness (QED) is 0.506. The van der Waals surface area contributed by atoms with Gasteiger partial charge in [0.1, 0.15) is 0 Å². The molecule has 2 aliphatic rings. The van der Waals surface area contributed by atoms with E-state index >= 15 is 0 Å². The molecule has 0 aromatic rings. The van der Waals surface area contributed by atoms with Crippen LogP contribution in [0.15, 0.2) is 12.2 Å². The number of rotatable bonds is 5. The predicted octanol–water partition coefficient (Wildman–Crippen LogP) is 4.51. The maximum Gasteiger partial charge on any atom is 0.187 e. The summed E-state index contributed by atoms with van der Waals surface area (Å²) in [4.78, 5) is 0.